The summed E-state index contributed by atoms with van der Waals surface area (Å²) in [7, 11) is 1.78. The lowest BCUT2D eigenvalue weighted by atomic mass is 10.5. The minimum Gasteiger partial charge on any atom is -0.476 e. The zero-order valence-electron chi connectivity index (χ0n) is 8.46. The topological polar surface area (TPSA) is 72.9 Å². The smallest absolute Gasteiger partial charge is 0.356 e. The Balaban J connectivity index is 2.21. The average molecular weight is 241 g/mol. The first-order valence-electron chi connectivity index (χ1n) is 4.51. The van der Waals surface area contributed by atoms with Gasteiger partial charge in [-0.2, -0.15) is 5.10 Å². The second-order valence-electron chi connectivity index (χ2n) is 3.26. The van der Waals surface area contributed by atoms with E-state index in [0.29, 0.717) is 17.5 Å². The number of nitrogens with zero attached hydrogens (tertiary/aromatic N) is 4. The first-order valence-corrected chi connectivity index (χ1v) is 4.88. The number of carbonyl (C=O) groups is 1. The molecule has 7 heteroatoms. The number of hydrogen-bond acceptors (Lipinski definition) is 3. The highest BCUT2D eigenvalue weighted by Crippen LogP contribution is 2.10. The molecular formula is C9H9ClN4O2. The van der Waals surface area contributed by atoms with E-state index in [2.05, 4.69) is 10.1 Å². The molecule has 0 aliphatic rings. The molecule has 6 nitrogen and oxygen atoms in total. The molecule has 0 aliphatic heterocycles. The van der Waals surface area contributed by atoms with Crippen LogP contribution in [0.4, 0.5) is 0 Å². The van der Waals surface area contributed by atoms with Gasteiger partial charge in [0, 0.05) is 13.2 Å². The van der Waals surface area contributed by atoms with E-state index in [-0.39, 0.29) is 5.69 Å². The van der Waals surface area contributed by atoms with Crippen LogP contribution in [0.3, 0.4) is 0 Å². The zero-order chi connectivity index (χ0) is 11.7. The number of aromatic nitrogens is 4. The molecule has 2 aromatic heterocycles. The van der Waals surface area contributed by atoms with Crippen LogP contribution in [0.5, 0.6) is 0 Å². The summed E-state index contributed by atoms with van der Waals surface area (Å²) in [5, 5.41) is 13.1. The third-order valence-electron chi connectivity index (χ3n) is 2.19. The second kappa shape index (κ2) is 3.97. The largest absolute Gasteiger partial charge is 0.476 e. The van der Waals surface area contributed by atoms with Crippen molar-refractivity contribution >= 4 is 17.6 Å². The van der Waals surface area contributed by atoms with Gasteiger partial charge in [0.25, 0.3) is 0 Å². The molecule has 2 heterocycles. The minimum atomic E-state index is -1.04. The van der Waals surface area contributed by atoms with Crippen LogP contribution in [0, 0.1) is 0 Å². The van der Waals surface area contributed by atoms with E-state index in [1.54, 1.807) is 24.0 Å². The fourth-order valence-electron chi connectivity index (χ4n) is 1.28. The Labute approximate surface area is 96.1 Å². The SMILES string of the molecule is Cn1c(Cl)cnc1Cn1ccc(C(=O)O)n1. The van der Waals surface area contributed by atoms with Crippen molar-refractivity contribution in [1.82, 2.24) is 19.3 Å². The van der Waals surface area contributed by atoms with Crippen molar-refractivity contribution in [3.63, 3.8) is 0 Å². The molecule has 0 radical (unpaired) electrons. The Morgan fingerprint density at radius 2 is 2.38 bits per heavy atom. The van der Waals surface area contributed by atoms with Crippen LogP contribution in [0.15, 0.2) is 18.5 Å². The molecular weight excluding hydrogens is 232 g/mol. The normalized spacial score (nSPS) is 10.6. The molecule has 0 spiro atoms. The Bertz CT molecular complexity index is 531. The first-order chi connectivity index (χ1) is 7.58. The van der Waals surface area contributed by atoms with E-state index >= 15 is 0 Å². The van der Waals surface area contributed by atoms with Crippen molar-refractivity contribution < 1.29 is 9.90 Å². The quantitative estimate of drug-likeness (QED) is 0.869. The summed E-state index contributed by atoms with van der Waals surface area (Å²) in [5.41, 5.74) is 0.0142. The van der Waals surface area contributed by atoms with Gasteiger partial charge in [0.05, 0.1) is 12.7 Å². The summed E-state index contributed by atoms with van der Waals surface area (Å²) in [6.45, 7) is 0.385. The fourth-order valence-corrected chi connectivity index (χ4v) is 1.43. The van der Waals surface area contributed by atoms with E-state index in [0.717, 1.165) is 0 Å². The van der Waals surface area contributed by atoms with Crippen molar-refractivity contribution in [3.8, 4) is 0 Å². The molecule has 0 bridgehead atoms. The van der Waals surface area contributed by atoms with E-state index in [1.165, 1.54) is 10.7 Å². The zero-order valence-corrected chi connectivity index (χ0v) is 9.22. The molecule has 1 N–H and O–H groups in total. The summed E-state index contributed by atoms with van der Waals surface area (Å²) in [5.74, 6) is -0.332. The van der Waals surface area contributed by atoms with Gasteiger partial charge in [0.1, 0.15) is 11.0 Å². The Kier molecular flexibility index (Phi) is 2.66. The summed E-state index contributed by atoms with van der Waals surface area (Å²) >= 11 is 5.83. The van der Waals surface area contributed by atoms with Crippen LogP contribution < -0.4 is 0 Å². The van der Waals surface area contributed by atoms with Crippen molar-refractivity contribution in [2.75, 3.05) is 0 Å². The summed E-state index contributed by atoms with van der Waals surface area (Å²) in [6, 6.07) is 1.44. The van der Waals surface area contributed by atoms with Crippen LogP contribution in [-0.2, 0) is 13.6 Å². The molecule has 0 saturated carbocycles. The molecule has 0 amide bonds. The van der Waals surface area contributed by atoms with Crippen molar-refractivity contribution in [2.24, 2.45) is 7.05 Å². The first kappa shape index (κ1) is 10.7. The third kappa shape index (κ3) is 1.92. The molecule has 2 rings (SSSR count). The molecule has 0 saturated heterocycles. The lowest BCUT2D eigenvalue weighted by molar-refractivity contribution is 0.0689. The van der Waals surface area contributed by atoms with Crippen molar-refractivity contribution in [1.29, 1.82) is 0 Å². The van der Waals surface area contributed by atoms with Gasteiger partial charge in [0.15, 0.2) is 5.69 Å². The molecule has 2 aromatic rings. The minimum absolute atomic E-state index is 0.0142. The van der Waals surface area contributed by atoms with Crippen LogP contribution in [-0.4, -0.2) is 30.4 Å². The van der Waals surface area contributed by atoms with E-state index < -0.39 is 5.97 Å². The Morgan fingerprint density at radius 3 is 2.88 bits per heavy atom. The van der Waals surface area contributed by atoms with E-state index in [1.807, 2.05) is 0 Å². The highest BCUT2D eigenvalue weighted by atomic mass is 35.5. The van der Waals surface area contributed by atoms with Gasteiger partial charge in [-0.05, 0) is 6.07 Å². The van der Waals surface area contributed by atoms with Gasteiger partial charge in [-0.15, -0.1) is 0 Å². The molecule has 16 heavy (non-hydrogen) atoms. The van der Waals surface area contributed by atoms with Crippen molar-refractivity contribution in [3.05, 3.63) is 35.1 Å². The van der Waals surface area contributed by atoms with E-state index in [9.17, 15) is 4.79 Å². The number of rotatable bonds is 3. The molecule has 0 unspecified atom stereocenters. The van der Waals surface area contributed by atoms with Crippen molar-refractivity contribution in [2.45, 2.75) is 6.54 Å². The lowest BCUT2D eigenvalue weighted by Crippen LogP contribution is -2.08. The second-order valence-corrected chi connectivity index (χ2v) is 3.65. The monoisotopic (exact) mass is 240 g/mol. The fraction of sp³-hybridized carbons (Fsp3) is 0.222. The molecule has 0 atom stereocenters. The maximum Gasteiger partial charge on any atom is 0.356 e. The van der Waals surface area contributed by atoms with Gasteiger partial charge < -0.3 is 9.67 Å². The lowest BCUT2D eigenvalue weighted by Gasteiger charge is -2.02. The Morgan fingerprint density at radius 1 is 1.62 bits per heavy atom. The average Bonchev–Trinajstić information content (AvgIpc) is 2.81. The summed E-state index contributed by atoms with van der Waals surface area (Å²) < 4.78 is 3.21. The third-order valence-corrected chi connectivity index (χ3v) is 2.54. The molecule has 0 fully saturated rings. The highest BCUT2D eigenvalue weighted by Gasteiger charge is 2.09. The van der Waals surface area contributed by atoms with Gasteiger partial charge in [-0.1, -0.05) is 11.6 Å². The van der Waals surface area contributed by atoms with E-state index in [4.69, 9.17) is 16.7 Å². The number of carboxylic acid groups (broad SMARTS) is 1. The number of halogens is 1. The van der Waals surface area contributed by atoms with Crippen LogP contribution in [0.2, 0.25) is 5.15 Å². The maximum atomic E-state index is 10.6. The van der Waals surface area contributed by atoms with Gasteiger partial charge in [0.2, 0.25) is 0 Å². The van der Waals surface area contributed by atoms with Crippen LogP contribution in [0.1, 0.15) is 16.3 Å². The number of carboxylic acids is 1. The molecule has 0 aliphatic carbocycles. The maximum absolute atomic E-state index is 10.6. The molecule has 0 aromatic carbocycles. The van der Waals surface area contributed by atoms with Crippen LogP contribution in [0.25, 0.3) is 0 Å². The summed E-state index contributed by atoms with van der Waals surface area (Å²) in [4.78, 5) is 14.7. The standard InChI is InChI=1S/C9H9ClN4O2/c1-13-7(10)4-11-8(13)5-14-3-2-6(12-14)9(15)16/h2-4H,5H2,1H3,(H,15,16). The number of aromatic carboxylic acids is 1. The Hall–Kier alpha value is -1.82. The van der Waals surface area contributed by atoms with Gasteiger partial charge in [-0.25, -0.2) is 9.78 Å². The number of imidazole rings is 1. The van der Waals surface area contributed by atoms with Gasteiger partial charge in [-0.3, -0.25) is 4.68 Å². The van der Waals surface area contributed by atoms with Crippen LogP contribution >= 0.6 is 11.6 Å². The highest BCUT2D eigenvalue weighted by molar-refractivity contribution is 6.29. The predicted octanol–water partition coefficient (Wildman–Crippen LogP) is 1.02. The summed E-state index contributed by atoms with van der Waals surface area (Å²) in [6.07, 6.45) is 3.13. The molecule has 84 valence electrons. The predicted molar refractivity (Wildman–Crippen MR) is 56.5 cm³/mol. The number of hydrogen-bond donors (Lipinski definition) is 1. The van der Waals surface area contributed by atoms with Gasteiger partial charge >= 0.3 is 5.97 Å².